The van der Waals surface area contributed by atoms with Crippen LogP contribution in [0.5, 0.6) is 0 Å². The molecule has 1 aliphatic carbocycles. The summed E-state index contributed by atoms with van der Waals surface area (Å²) in [5.74, 6) is -3.88. The molecule has 1 aliphatic heterocycles. The first-order chi connectivity index (χ1) is 16.4. The summed E-state index contributed by atoms with van der Waals surface area (Å²) in [4.78, 5) is 18.7. The third-order valence-electron chi connectivity index (χ3n) is 6.86. The number of piperazine rings is 1. The number of imidazole rings is 1. The van der Waals surface area contributed by atoms with E-state index in [9.17, 15) is 26.4 Å². The van der Waals surface area contributed by atoms with Crippen LogP contribution in [0.4, 0.5) is 13.2 Å². The number of rotatable bonds is 6. The molecule has 2 fully saturated rings. The first kappa shape index (κ1) is 25.9. The maximum atomic E-state index is 14.0. The van der Waals surface area contributed by atoms with Gasteiger partial charge in [0.25, 0.3) is 15.9 Å². The maximum Gasteiger partial charge on any atom is 0.262 e. The van der Waals surface area contributed by atoms with Crippen LogP contribution in [0.1, 0.15) is 36.0 Å². The fourth-order valence-electron chi connectivity index (χ4n) is 4.76. The van der Waals surface area contributed by atoms with Crippen LogP contribution in [0.2, 0.25) is 5.02 Å². The number of amides is 1. The lowest BCUT2D eigenvalue weighted by Crippen LogP contribution is -2.63. The molecule has 0 spiro atoms. The van der Waals surface area contributed by atoms with Crippen LogP contribution in [-0.4, -0.2) is 77.3 Å². The number of carbonyl (C=O) groups excluding carboxylic acids is 1. The highest BCUT2D eigenvalue weighted by molar-refractivity contribution is 7.89. The van der Waals surface area contributed by atoms with E-state index in [1.807, 2.05) is 4.90 Å². The van der Waals surface area contributed by atoms with Crippen LogP contribution >= 0.6 is 11.6 Å². The van der Waals surface area contributed by atoms with E-state index in [4.69, 9.17) is 11.6 Å². The second kappa shape index (κ2) is 9.72. The fraction of sp³-hybridized carbons (Fsp3) is 0.545. The summed E-state index contributed by atoms with van der Waals surface area (Å²) in [7, 11) is -2.08. The predicted octanol–water partition coefficient (Wildman–Crippen LogP) is 2.90. The monoisotopic (exact) mass is 533 g/mol. The van der Waals surface area contributed by atoms with Gasteiger partial charge >= 0.3 is 0 Å². The summed E-state index contributed by atoms with van der Waals surface area (Å²) in [6.45, 7) is 1.09. The predicted molar refractivity (Wildman–Crippen MR) is 123 cm³/mol. The third kappa shape index (κ3) is 5.50. The number of aryl methyl sites for hydroxylation is 1. The van der Waals surface area contributed by atoms with Crippen molar-refractivity contribution in [3.05, 3.63) is 47.1 Å². The van der Waals surface area contributed by atoms with E-state index in [1.165, 1.54) is 22.9 Å². The molecule has 0 unspecified atom stereocenters. The molecule has 1 saturated carbocycles. The molecule has 1 aromatic carbocycles. The van der Waals surface area contributed by atoms with Crippen molar-refractivity contribution in [3.63, 3.8) is 0 Å². The number of aromatic nitrogens is 2. The van der Waals surface area contributed by atoms with Crippen molar-refractivity contribution in [2.45, 2.75) is 42.2 Å². The largest absolute Gasteiger partial charge is 0.350 e. The summed E-state index contributed by atoms with van der Waals surface area (Å²) >= 11 is 6.00. The molecule has 2 aromatic rings. The standard InChI is InChI=1S/C22H27ClF3N5O3S/c1-29-13-19(28-15-29)35(33,34)31-10-8-30(9-11-31)21(4-6-22(25,26)7-5-21)14-27-20(32)17-3-2-16(24)12-18(17)23/h2-3,12-13,15H,4-11,14H2,1H3,(H,27,32). The van der Waals surface area contributed by atoms with Crippen molar-refractivity contribution in [1.82, 2.24) is 24.1 Å². The summed E-state index contributed by atoms with van der Waals surface area (Å²) in [5, 5.41) is 2.71. The summed E-state index contributed by atoms with van der Waals surface area (Å²) < 4.78 is 70.1. The van der Waals surface area contributed by atoms with Gasteiger partial charge in [0.1, 0.15) is 5.82 Å². The molecule has 1 N–H and O–H groups in total. The van der Waals surface area contributed by atoms with Crippen LogP contribution in [0, 0.1) is 5.82 Å². The Labute approximate surface area is 207 Å². The first-order valence-corrected chi connectivity index (χ1v) is 13.1. The van der Waals surface area contributed by atoms with Crippen molar-refractivity contribution < 1.29 is 26.4 Å². The molecule has 0 atom stereocenters. The molecule has 192 valence electrons. The average Bonchev–Trinajstić information content (AvgIpc) is 3.26. The van der Waals surface area contributed by atoms with E-state index < -0.39 is 33.2 Å². The maximum absolute atomic E-state index is 14.0. The molecule has 1 saturated heterocycles. The highest BCUT2D eigenvalue weighted by Crippen LogP contribution is 2.42. The van der Waals surface area contributed by atoms with E-state index in [0.717, 1.165) is 12.1 Å². The summed E-state index contributed by atoms with van der Waals surface area (Å²) in [6.07, 6.45) is 2.48. The molecule has 0 bridgehead atoms. The third-order valence-corrected chi connectivity index (χ3v) is 8.96. The molecule has 0 radical (unpaired) electrons. The van der Waals surface area contributed by atoms with Gasteiger partial charge in [-0.3, -0.25) is 9.69 Å². The van der Waals surface area contributed by atoms with E-state index in [-0.39, 0.29) is 60.9 Å². The zero-order valence-electron chi connectivity index (χ0n) is 19.2. The zero-order valence-corrected chi connectivity index (χ0v) is 20.8. The highest BCUT2D eigenvalue weighted by Gasteiger charge is 2.48. The molecule has 1 aromatic heterocycles. The van der Waals surface area contributed by atoms with E-state index >= 15 is 0 Å². The normalized spacial score (nSPS) is 21.1. The van der Waals surface area contributed by atoms with Crippen LogP contribution in [0.3, 0.4) is 0 Å². The van der Waals surface area contributed by atoms with E-state index in [0.29, 0.717) is 13.1 Å². The van der Waals surface area contributed by atoms with Crippen molar-refractivity contribution >= 4 is 27.5 Å². The van der Waals surface area contributed by atoms with Crippen LogP contribution < -0.4 is 5.32 Å². The Morgan fingerprint density at radius 3 is 2.37 bits per heavy atom. The van der Waals surface area contributed by atoms with Gasteiger partial charge in [0.15, 0.2) is 5.03 Å². The van der Waals surface area contributed by atoms with Gasteiger partial charge in [0, 0.05) is 64.3 Å². The number of sulfonamides is 1. The van der Waals surface area contributed by atoms with Crippen molar-refractivity contribution in [1.29, 1.82) is 0 Å². The molecule has 1 amide bonds. The van der Waals surface area contributed by atoms with Crippen LogP contribution in [0.15, 0.2) is 35.7 Å². The van der Waals surface area contributed by atoms with Gasteiger partial charge in [-0.2, -0.15) is 4.31 Å². The van der Waals surface area contributed by atoms with E-state index in [1.54, 1.807) is 11.6 Å². The van der Waals surface area contributed by atoms with Gasteiger partial charge < -0.3 is 9.88 Å². The molecular weight excluding hydrogens is 507 g/mol. The average molecular weight is 534 g/mol. The Balaban J connectivity index is 1.47. The molecule has 2 aliphatic rings. The lowest BCUT2D eigenvalue weighted by molar-refractivity contribution is -0.0856. The van der Waals surface area contributed by atoms with Crippen molar-refractivity contribution in [2.24, 2.45) is 7.05 Å². The minimum atomic E-state index is -3.76. The summed E-state index contributed by atoms with van der Waals surface area (Å²) in [5.41, 5.74) is -0.666. The number of alkyl halides is 2. The van der Waals surface area contributed by atoms with E-state index in [2.05, 4.69) is 10.3 Å². The quantitative estimate of drug-likeness (QED) is 0.617. The molecule has 13 heteroatoms. The zero-order chi connectivity index (χ0) is 25.4. The second-order valence-corrected chi connectivity index (χ2v) is 11.4. The van der Waals surface area contributed by atoms with Crippen molar-refractivity contribution in [3.8, 4) is 0 Å². The molecule has 2 heterocycles. The van der Waals surface area contributed by atoms with Gasteiger partial charge in [-0.1, -0.05) is 11.6 Å². The summed E-state index contributed by atoms with van der Waals surface area (Å²) in [6, 6.07) is 3.43. The van der Waals surface area contributed by atoms with Gasteiger partial charge in [0.2, 0.25) is 5.92 Å². The number of carbonyl (C=O) groups is 1. The van der Waals surface area contributed by atoms with Gasteiger partial charge in [-0.15, -0.1) is 0 Å². The van der Waals surface area contributed by atoms with Crippen LogP contribution in [0.25, 0.3) is 0 Å². The Hall–Kier alpha value is -2.15. The number of nitrogens with one attached hydrogen (secondary N) is 1. The smallest absolute Gasteiger partial charge is 0.262 e. The van der Waals surface area contributed by atoms with Crippen LogP contribution in [-0.2, 0) is 17.1 Å². The number of nitrogens with zero attached hydrogens (tertiary/aromatic N) is 4. The SMILES string of the molecule is Cn1cnc(S(=O)(=O)N2CCN(C3(CNC(=O)c4ccc(F)cc4Cl)CCC(F)(F)CC3)CC2)c1. The number of hydrogen-bond donors (Lipinski definition) is 1. The minimum Gasteiger partial charge on any atom is -0.350 e. The first-order valence-electron chi connectivity index (χ1n) is 11.3. The Morgan fingerprint density at radius 1 is 1.14 bits per heavy atom. The minimum absolute atomic E-state index is 0.0380. The topological polar surface area (TPSA) is 87.5 Å². The fourth-order valence-corrected chi connectivity index (χ4v) is 6.40. The lowest BCUT2D eigenvalue weighted by atomic mass is 9.78. The molecule has 8 nitrogen and oxygen atoms in total. The Bertz CT molecular complexity index is 1190. The highest BCUT2D eigenvalue weighted by atomic mass is 35.5. The molecule has 35 heavy (non-hydrogen) atoms. The Morgan fingerprint density at radius 2 is 1.80 bits per heavy atom. The van der Waals surface area contributed by atoms with Gasteiger partial charge in [-0.25, -0.2) is 26.6 Å². The molecular formula is C22H27ClF3N5O3S. The van der Waals surface area contributed by atoms with Crippen molar-refractivity contribution in [2.75, 3.05) is 32.7 Å². The number of benzene rings is 1. The molecule has 4 rings (SSSR count). The second-order valence-electron chi connectivity index (χ2n) is 9.16. The lowest BCUT2D eigenvalue weighted by Gasteiger charge is -2.50. The Kier molecular flexibility index (Phi) is 7.20. The number of hydrogen-bond acceptors (Lipinski definition) is 5. The van der Waals surface area contributed by atoms with Gasteiger partial charge in [0.05, 0.1) is 16.9 Å². The number of halogens is 4. The van der Waals surface area contributed by atoms with Gasteiger partial charge in [-0.05, 0) is 31.0 Å².